The van der Waals surface area contributed by atoms with E-state index in [2.05, 4.69) is 25.8 Å². The molecule has 18 heavy (non-hydrogen) atoms. The average molecular weight is 333 g/mol. The predicted molar refractivity (Wildman–Crippen MR) is 75.0 cm³/mol. The van der Waals surface area contributed by atoms with Gasteiger partial charge in [-0.25, -0.2) is 0 Å². The minimum Gasteiger partial charge on any atom is -0.336 e. The van der Waals surface area contributed by atoms with Crippen LogP contribution in [0.4, 0.5) is 0 Å². The van der Waals surface area contributed by atoms with Gasteiger partial charge in [0, 0.05) is 55.5 Å². The summed E-state index contributed by atoms with van der Waals surface area (Å²) in [5.41, 5.74) is 0.634. The van der Waals surface area contributed by atoms with Crippen molar-refractivity contribution in [1.82, 2.24) is 14.8 Å². The highest BCUT2D eigenvalue weighted by atomic mass is 79.9. The van der Waals surface area contributed by atoms with Crippen LogP contribution >= 0.6 is 27.5 Å². The highest BCUT2D eigenvalue weighted by Crippen LogP contribution is 2.13. The highest BCUT2D eigenvalue weighted by molar-refractivity contribution is 9.10. The maximum Gasteiger partial charge on any atom is 0.255 e. The number of nitrogens with zero attached hydrogens (tertiary/aromatic N) is 3. The molecule has 0 aliphatic carbocycles. The quantitative estimate of drug-likeness (QED) is 0.793. The van der Waals surface area contributed by atoms with Crippen LogP contribution < -0.4 is 0 Å². The van der Waals surface area contributed by atoms with Crippen LogP contribution in [0.15, 0.2) is 22.9 Å². The smallest absolute Gasteiger partial charge is 0.255 e. The minimum absolute atomic E-state index is 0.0503. The lowest BCUT2D eigenvalue weighted by Gasteiger charge is -2.34. The van der Waals surface area contributed by atoms with Crippen LogP contribution in [0.2, 0.25) is 0 Å². The SMILES string of the molecule is O=C(c1cncc(Br)c1)N1CCN(CCCl)CC1. The summed E-state index contributed by atoms with van der Waals surface area (Å²) in [6, 6.07) is 1.81. The molecule has 1 aromatic heterocycles. The van der Waals surface area contributed by atoms with E-state index in [-0.39, 0.29) is 5.91 Å². The van der Waals surface area contributed by atoms with Crippen LogP contribution in [0.25, 0.3) is 0 Å². The molecule has 0 spiro atoms. The molecule has 98 valence electrons. The number of carbonyl (C=O) groups is 1. The zero-order chi connectivity index (χ0) is 13.0. The van der Waals surface area contributed by atoms with Gasteiger partial charge in [-0.15, -0.1) is 11.6 Å². The van der Waals surface area contributed by atoms with Crippen LogP contribution in [0.1, 0.15) is 10.4 Å². The van der Waals surface area contributed by atoms with Gasteiger partial charge in [0.15, 0.2) is 0 Å². The van der Waals surface area contributed by atoms with Crippen LogP contribution in [0.5, 0.6) is 0 Å². The van der Waals surface area contributed by atoms with Crippen LogP contribution in [-0.2, 0) is 0 Å². The Labute approximate surface area is 120 Å². The molecule has 1 saturated heterocycles. The predicted octanol–water partition coefficient (Wildman–Crippen LogP) is 1.84. The topological polar surface area (TPSA) is 36.4 Å². The Morgan fingerprint density at radius 2 is 2.06 bits per heavy atom. The molecule has 0 saturated carbocycles. The van der Waals surface area contributed by atoms with Crippen LogP contribution in [0, 0.1) is 0 Å². The molecule has 0 bridgehead atoms. The largest absolute Gasteiger partial charge is 0.336 e. The molecule has 2 rings (SSSR count). The number of pyridine rings is 1. The minimum atomic E-state index is 0.0503. The Morgan fingerprint density at radius 3 is 2.67 bits per heavy atom. The van der Waals surface area contributed by atoms with Crippen molar-refractivity contribution >= 4 is 33.4 Å². The lowest BCUT2D eigenvalue weighted by Crippen LogP contribution is -2.49. The first-order valence-corrected chi connectivity index (χ1v) is 7.21. The van der Waals surface area contributed by atoms with E-state index in [9.17, 15) is 4.79 Å². The van der Waals surface area contributed by atoms with Gasteiger partial charge in [-0.1, -0.05) is 0 Å². The summed E-state index contributed by atoms with van der Waals surface area (Å²) >= 11 is 9.04. The fourth-order valence-corrected chi connectivity index (χ4v) is 2.61. The number of amides is 1. The number of rotatable bonds is 3. The lowest BCUT2D eigenvalue weighted by atomic mass is 10.2. The molecule has 1 fully saturated rings. The molecule has 6 heteroatoms. The molecule has 0 N–H and O–H groups in total. The molecule has 2 heterocycles. The van der Waals surface area contributed by atoms with Gasteiger partial charge in [-0.3, -0.25) is 14.7 Å². The Kier molecular flexibility index (Phi) is 4.97. The maximum absolute atomic E-state index is 12.2. The Hall–Kier alpha value is -0.650. The van der Waals surface area contributed by atoms with Gasteiger partial charge < -0.3 is 4.90 Å². The zero-order valence-electron chi connectivity index (χ0n) is 9.98. The molecular formula is C12H15BrClN3O. The van der Waals surface area contributed by atoms with Crippen molar-refractivity contribution in [2.24, 2.45) is 0 Å². The Morgan fingerprint density at radius 1 is 1.33 bits per heavy atom. The number of hydrogen-bond acceptors (Lipinski definition) is 3. The summed E-state index contributed by atoms with van der Waals surface area (Å²) in [6.07, 6.45) is 3.29. The Bertz CT molecular complexity index is 422. The third-order valence-electron chi connectivity index (χ3n) is 3.01. The van der Waals surface area contributed by atoms with E-state index in [1.807, 2.05) is 4.90 Å². The number of halogens is 2. The first-order chi connectivity index (χ1) is 8.70. The molecule has 4 nitrogen and oxygen atoms in total. The third kappa shape index (κ3) is 3.43. The Balaban J connectivity index is 1.95. The molecule has 1 aromatic rings. The van der Waals surface area contributed by atoms with Crippen molar-refractivity contribution < 1.29 is 4.79 Å². The molecule has 0 atom stereocenters. The van der Waals surface area contributed by atoms with Crippen molar-refractivity contribution in [3.8, 4) is 0 Å². The number of aromatic nitrogens is 1. The molecule has 1 amide bonds. The van der Waals surface area contributed by atoms with Gasteiger partial charge in [0.1, 0.15) is 0 Å². The first kappa shape index (κ1) is 13.8. The van der Waals surface area contributed by atoms with Gasteiger partial charge in [0.2, 0.25) is 0 Å². The number of alkyl halides is 1. The van der Waals surface area contributed by atoms with E-state index in [1.165, 1.54) is 0 Å². The van der Waals surface area contributed by atoms with Crippen molar-refractivity contribution in [2.75, 3.05) is 38.6 Å². The molecule has 0 radical (unpaired) electrons. The average Bonchev–Trinajstić information content (AvgIpc) is 2.39. The number of hydrogen-bond donors (Lipinski definition) is 0. The van der Waals surface area contributed by atoms with Gasteiger partial charge in [0.05, 0.1) is 5.56 Å². The number of piperazine rings is 1. The summed E-state index contributed by atoms with van der Waals surface area (Å²) in [5, 5.41) is 0. The van der Waals surface area contributed by atoms with Gasteiger partial charge in [-0.2, -0.15) is 0 Å². The fourth-order valence-electron chi connectivity index (χ4n) is 2.01. The van der Waals surface area contributed by atoms with Crippen molar-refractivity contribution in [3.63, 3.8) is 0 Å². The number of carbonyl (C=O) groups excluding carboxylic acids is 1. The van der Waals surface area contributed by atoms with E-state index in [1.54, 1.807) is 18.5 Å². The first-order valence-electron chi connectivity index (χ1n) is 5.89. The maximum atomic E-state index is 12.2. The summed E-state index contributed by atoms with van der Waals surface area (Å²) in [7, 11) is 0. The van der Waals surface area contributed by atoms with E-state index in [0.29, 0.717) is 11.4 Å². The van der Waals surface area contributed by atoms with E-state index < -0.39 is 0 Å². The van der Waals surface area contributed by atoms with E-state index >= 15 is 0 Å². The van der Waals surface area contributed by atoms with Gasteiger partial charge in [-0.05, 0) is 22.0 Å². The standard InChI is InChI=1S/C12H15BrClN3O/c13-11-7-10(8-15-9-11)12(18)17-5-3-16(2-1-14)4-6-17/h7-9H,1-6H2. The second-order valence-electron chi connectivity index (χ2n) is 4.21. The van der Waals surface area contributed by atoms with Gasteiger partial charge in [0.25, 0.3) is 5.91 Å². The second-order valence-corrected chi connectivity index (χ2v) is 5.51. The summed E-state index contributed by atoms with van der Waals surface area (Å²) in [5.74, 6) is 0.693. The molecule has 1 aliphatic rings. The second kappa shape index (κ2) is 6.50. The van der Waals surface area contributed by atoms with Crippen LogP contribution in [0.3, 0.4) is 0 Å². The van der Waals surface area contributed by atoms with Crippen LogP contribution in [-0.4, -0.2) is 59.3 Å². The molecule has 1 aliphatic heterocycles. The molecule has 0 aromatic carbocycles. The molecule has 0 unspecified atom stereocenters. The summed E-state index contributed by atoms with van der Waals surface area (Å²) in [4.78, 5) is 20.4. The van der Waals surface area contributed by atoms with Crippen molar-refractivity contribution in [1.29, 1.82) is 0 Å². The third-order valence-corrected chi connectivity index (χ3v) is 3.61. The fraction of sp³-hybridized carbons (Fsp3) is 0.500. The summed E-state index contributed by atoms with van der Waals surface area (Å²) in [6.45, 7) is 4.17. The van der Waals surface area contributed by atoms with Crippen molar-refractivity contribution in [2.45, 2.75) is 0 Å². The van der Waals surface area contributed by atoms with E-state index in [0.717, 1.165) is 37.2 Å². The highest BCUT2D eigenvalue weighted by Gasteiger charge is 2.21. The normalized spacial score (nSPS) is 16.9. The molecular weight excluding hydrogens is 318 g/mol. The monoisotopic (exact) mass is 331 g/mol. The zero-order valence-corrected chi connectivity index (χ0v) is 12.3. The van der Waals surface area contributed by atoms with E-state index in [4.69, 9.17) is 11.6 Å². The van der Waals surface area contributed by atoms with Gasteiger partial charge >= 0.3 is 0 Å². The summed E-state index contributed by atoms with van der Waals surface area (Å²) < 4.78 is 0.828. The lowest BCUT2D eigenvalue weighted by molar-refractivity contribution is 0.0644. The van der Waals surface area contributed by atoms with Crippen molar-refractivity contribution in [3.05, 3.63) is 28.5 Å².